The summed E-state index contributed by atoms with van der Waals surface area (Å²) in [6.45, 7) is 3.02. The van der Waals surface area contributed by atoms with Gasteiger partial charge in [-0.25, -0.2) is 9.59 Å². The predicted molar refractivity (Wildman–Crippen MR) is 91.1 cm³/mol. The number of hydrogen-bond donors (Lipinski definition) is 0. The predicted octanol–water partition coefficient (Wildman–Crippen LogP) is 4.23. The van der Waals surface area contributed by atoms with E-state index < -0.39 is 17.7 Å². The summed E-state index contributed by atoms with van der Waals surface area (Å²) < 4.78 is 10.1. The maximum atomic E-state index is 11.9. The molecular weight excluding hydrogens is 328 g/mol. The summed E-state index contributed by atoms with van der Waals surface area (Å²) in [6, 6.07) is 14.9. The van der Waals surface area contributed by atoms with Crippen LogP contribution in [-0.4, -0.2) is 17.7 Å². The molecule has 4 nitrogen and oxygen atoms in total. The second-order valence-electron chi connectivity index (χ2n) is 5.84. The number of cyclic esters (lactones) is 2. The molecule has 5 heteroatoms. The van der Waals surface area contributed by atoms with Crippen molar-refractivity contribution in [3.8, 4) is 11.1 Å². The van der Waals surface area contributed by atoms with Crippen LogP contribution < -0.4 is 0 Å². The van der Waals surface area contributed by atoms with E-state index in [4.69, 9.17) is 21.1 Å². The first kappa shape index (κ1) is 16.3. The minimum atomic E-state index is -1.24. The largest absolute Gasteiger partial charge is 0.419 e. The second kappa shape index (κ2) is 6.13. The van der Waals surface area contributed by atoms with E-state index in [1.165, 1.54) is 19.9 Å². The molecule has 0 atom stereocenters. The number of hydrogen-bond acceptors (Lipinski definition) is 4. The molecule has 1 fully saturated rings. The standard InChI is InChI=1S/C19H15ClO4/c1-19(2)23-17(21)15(18(22)24-19)11-12-7-9-13(10-8-12)14-5-3-4-6-16(14)20/h3-11H,1-2H3. The molecule has 0 saturated carbocycles. The van der Waals surface area contributed by atoms with E-state index >= 15 is 0 Å². The molecule has 1 aliphatic rings. The Morgan fingerprint density at radius 2 is 1.50 bits per heavy atom. The monoisotopic (exact) mass is 342 g/mol. The number of carbonyl (C=O) groups is 2. The van der Waals surface area contributed by atoms with Crippen molar-refractivity contribution in [3.05, 3.63) is 64.7 Å². The van der Waals surface area contributed by atoms with Crippen LogP contribution in [-0.2, 0) is 19.1 Å². The number of ether oxygens (including phenoxy) is 2. The molecule has 1 aliphatic heterocycles. The Balaban J connectivity index is 1.88. The van der Waals surface area contributed by atoms with Gasteiger partial charge in [0.05, 0.1) is 0 Å². The maximum absolute atomic E-state index is 11.9. The lowest BCUT2D eigenvalue weighted by Crippen LogP contribution is -2.41. The molecule has 0 aliphatic carbocycles. The Morgan fingerprint density at radius 1 is 0.917 bits per heavy atom. The van der Waals surface area contributed by atoms with E-state index in [1.807, 2.05) is 36.4 Å². The van der Waals surface area contributed by atoms with Crippen LogP contribution in [0.15, 0.2) is 54.1 Å². The van der Waals surface area contributed by atoms with Gasteiger partial charge in [0.1, 0.15) is 5.57 Å². The van der Waals surface area contributed by atoms with E-state index in [0.717, 1.165) is 11.1 Å². The van der Waals surface area contributed by atoms with Crippen molar-refractivity contribution in [2.24, 2.45) is 0 Å². The molecule has 0 radical (unpaired) electrons. The Kier molecular flexibility index (Phi) is 4.16. The van der Waals surface area contributed by atoms with Crippen molar-refractivity contribution in [3.63, 3.8) is 0 Å². The lowest BCUT2D eigenvalue weighted by molar-refractivity contribution is -0.222. The third-order valence-corrected chi connectivity index (χ3v) is 3.85. The van der Waals surface area contributed by atoms with E-state index in [-0.39, 0.29) is 5.57 Å². The van der Waals surface area contributed by atoms with Gasteiger partial charge in [0.25, 0.3) is 5.79 Å². The normalized spacial score (nSPS) is 16.4. The third-order valence-electron chi connectivity index (χ3n) is 3.52. The molecule has 0 bridgehead atoms. The van der Waals surface area contributed by atoms with E-state index in [0.29, 0.717) is 10.6 Å². The summed E-state index contributed by atoms with van der Waals surface area (Å²) >= 11 is 6.18. The smallest absolute Gasteiger partial charge is 0.348 e. The molecule has 0 amide bonds. The number of rotatable bonds is 2. The van der Waals surface area contributed by atoms with Crippen molar-refractivity contribution in [2.75, 3.05) is 0 Å². The number of halogens is 1. The topological polar surface area (TPSA) is 52.6 Å². The number of benzene rings is 2. The quantitative estimate of drug-likeness (QED) is 0.465. The van der Waals surface area contributed by atoms with Gasteiger partial charge in [0.2, 0.25) is 0 Å². The van der Waals surface area contributed by atoms with Crippen LogP contribution in [0.1, 0.15) is 19.4 Å². The Labute approximate surface area is 144 Å². The highest BCUT2D eigenvalue weighted by Gasteiger charge is 2.38. The van der Waals surface area contributed by atoms with Gasteiger partial charge in [-0.3, -0.25) is 0 Å². The van der Waals surface area contributed by atoms with Crippen molar-refractivity contribution in [1.29, 1.82) is 0 Å². The summed E-state index contributed by atoms with van der Waals surface area (Å²) in [7, 11) is 0. The highest BCUT2D eigenvalue weighted by Crippen LogP contribution is 2.28. The Bertz CT molecular complexity index is 813. The molecule has 3 rings (SSSR count). The molecule has 1 saturated heterocycles. The van der Waals surface area contributed by atoms with Crippen LogP contribution in [0.3, 0.4) is 0 Å². The van der Waals surface area contributed by atoms with Gasteiger partial charge >= 0.3 is 11.9 Å². The van der Waals surface area contributed by atoms with Gasteiger partial charge in [-0.05, 0) is 23.3 Å². The highest BCUT2D eigenvalue weighted by molar-refractivity contribution is 6.33. The van der Waals surface area contributed by atoms with Crippen molar-refractivity contribution in [2.45, 2.75) is 19.6 Å². The third kappa shape index (κ3) is 3.34. The maximum Gasteiger partial charge on any atom is 0.348 e. The number of carbonyl (C=O) groups excluding carboxylic acids is 2. The van der Waals surface area contributed by atoms with Crippen molar-refractivity contribution < 1.29 is 19.1 Å². The van der Waals surface area contributed by atoms with Crippen LogP contribution in [0.5, 0.6) is 0 Å². The van der Waals surface area contributed by atoms with Crippen LogP contribution in [0.2, 0.25) is 5.02 Å². The molecule has 0 N–H and O–H groups in total. The fraction of sp³-hybridized carbons (Fsp3) is 0.158. The first-order valence-corrected chi connectivity index (χ1v) is 7.77. The summed E-state index contributed by atoms with van der Waals surface area (Å²) in [5, 5.41) is 0.658. The fourth-order valence-corrected chi connectivity index (χ4v) is 2.64. The second-order valence-corrected chi connectivity index (χ2v) is 6.25. The molecule has 0 aromatic heterocycles. The average molecular weight is 343 g/mol. The van der Waals surface area contributed by atoms with Gasteiger partial charge in [-0.1, -0.05) is 54.1 Å². The molecule has 24 heavy (non-hydrogen) atoms. The zero-order chi connectivity index (χ0) is 17.3. The zero-order valence-electron chi connectivity index (χ0n) is 13.2. The summed E-state index contributed by atoms with van der Waals surface area (Å²) in [5.41, 5.74) is 2.42. The Morgan fingerprint density at radius 3 is 2.08 bits per heavy atom. The fourth-order valence-electron chi connectivity index (χ4n) is 2.40. The summed E-state index contributed by atoms with van der Waals surface area (Å²) in [5.74, 6) is -2.61. The van der Waals surface area contributed by atoms with Gasteiger partial charge in [0, 0.05) is 24.4 Å². The van der Waals surface area contributed by atoms with Gasteiger partial charge in [-0.2, -0.15) is 0 Å². The Hall–Kier alpha value is -2.59. The van der Waals surface area contributed by atoms with E-state index in [9.17, 15) is 9.59 Å². The summed E-state index contributed by atoms with van der Waals surface area (Å²) in [6.07, 6.45) is 1.45. The zero-order valence-corrected chi connectivity index (χ0v) is 14.0. The summed E-state index contributed by atoms with van der Waals surface area (Å²) in [4.78, 5) is 23.9. The minimum Gasteiger partial charge on any atom is -0.419 e. The molecule has 1 heterocycles. The molecule has 2 aromatic rings. The van der Waals surface area contributed by atoms with Gasteiger partial charge in [-0.15, -0.1) is 0 Å². The highest BCUT2D eigenvalue weighted by atomic mass is 35.5. The first-order chi connectivity index (χ1) is 11.4. The molecule has 0 unspecified atom stereocenters. The minimum absolute atomic E-state index is 0.125. The molecule has 2 aromatic carbocycles. The van der Waals surface area contributed by atoms with Crippen LogP contribution >= 0.6 is 11.6 Å². The lowest BCUT2D eigenvalue weighted by atomic mass is 10.0. The van der Waals surface area contributed by atoms with Crippen molar-refractivity contribution >= 4 is 29.6 Å². The SMILES string of the molecule is CC1(C)OC(=O)C(=Cc2ccc(-c3ccccc3Cl)cc2)C(=O)O1. The average Bonchev–Trinajstić information content (AvgIpc) is 2.51. The first-order valence-electron chi connectivity index (χ1n) is 7.39. The number of esters is 2. The van der Waals surface area contributed by atoms with E-state index in [1.54, 1.807) is 12.1 Å². The van der Waals surface area contributed by atoms with Gasteiger partial charge < -0.3 is 9.47 Å². The van der Waals surface area contributed by atoms with Crippen LogP contribution in [0, 0.1) is 0 Å². The molecular formula is C19H15ClO4. The van der Waals surface area contributed by atoms with Gasteiger partial charge in [0.15, 0.2) is 0 Å². The van der Waals surface area contributed by atoms with Crippen LogP contribution in [0.4, 0.5) is 0 Å². The molecule has 122 valence electrons. The molecule has 0 spiro atoms. The van der Waals surface area contributed by atoms with Crippen LogP contribution in [0.25, 0.3) is 17.2 Å². The van der Waals surface area contributed by atoms with E-state index in [2.05, 4.69) is 0 Å². The van der Waals surface area contributed by atoms with Crippen molar-refractivity contribution in [1.82, 2.24) is 0 Å². The lowest BCUT2D eigenvalue weighted by Gasteiger charge is -2.29.